The minimum absolute atomic E-state index is 0.0128. The van der Waals surface area contributed by atoms with E-state index >= 15 is 0 Å². The summed E-state index contributed by atoms with van der Waals surface area (Å²) in [6.07, 6.45) is 2.01. The van der Waals surface area contributed by atoms with E-state index in [-0.39, 0.29) is 11.9 Å². The lowest BCUT2D eigenvalue weighted by molar-refractivity contribution is 0.0935. The van der Waals surface area contributed by atoms with Crippen LogP contribution in [0, 0.1) is 0 Å². The number of nitrogens with zero attached hydrogens (tertiary/aromatic N) is 1. The van der Waals surface area contributed by atoms with Gasteiger partial charge < -0.3 is 15.0 Å². The Morgan fingerprint density at radius 1 is 1.04 bits per heavy atom. The summed E-state index contributed by atoms with van der Waals surface area (Å²) >= 11 is 0. The second-order valence-electron chi connectivity index (χ2n) is 6.38. The fourth-order valence-corrected chi connectivity index (χ4v) is 3.69. The first-order valence-electron chi connectivity index (χ1n) is 8.63. The van der Waals surface area contributed by atoms with Crippen LogP contribution in [-0.4, -0.2) is 32.2 Å². The van der Waals surface area contributed by atoms with Gasteiger partial charge in [0.2, 0.25) is 0 Å². The van der Waals surface area contributed by atoms with Crippen molar-refractivity contribution in [2.45, 2.75) is 18.9 Å². The molecule has 4 rings (SSSR count). The molecule has 2 aromatic carbocycles. The Labute approximate surface area is 142 Å². The van der Waals surface area contributed by atoms with Crippen LogP contribution in [0.2, 0.25) is 0 Å². The number of aryl methyl sites for hydroxylation is 1. The maximum Gasteiger partial charge on any atom is 0.253 e. The van der Waals surface area contributed by atoms with Crippen LogP contribution in [0.25, 0.3) is 0 Å². The SMILES string of the molecule is O=C(N[C@@H]1CCc2ccccc21)c1ccccc1N1CCOCC1. The van der Waals surface area contributed by atoms with E-state index in [1.807, 2.05) is 30.3 Å². The molecule has 0 spiro atoms. The third kappa shape index (κ3) is 2.89. The van der Waals surface area contributed by atoms with Crippen molar-refractivity contribution in [3.8, 4) is 0 Å². The lowest BCUT2D eigenvalue weighted by Crippen LogP contribution is -2.38. The largest absolute Gasteiger partial charge is 0.378 e. The predicted molar refractivity (Wildman–Crippen MR) is 94.4 cm³/mol. The number of anilines is 1. The Hall–Kier alpha value is -2.33. The summed E-state index contributed by atoms with van der Waals surface area (Å²) in [5, 5.41) is 3.23. The Kier molecular flexibility index (Phi) is 4.22. The third-order valence-electron chi connectivity index (χ3n) is 4.94. The van der Waals surface area contributed by atoms with E-state index in [2.05, 4.69) is 28.4 Å². The molecule has 2 aromatic rings. The zero-order valence-corrected chi connectivity index (χ0v) is 13.7. The van der Waals surface area contributed by atoms with Gasteiger partial charge in [-0.3, -0.25) is 4.79 Å². The molecule has 24 heavy (non-hydrogen) atoms. The number of amides is 1. The Morgan fingerprint density at radius 3 is 2.67 bits per heavy atom. The maximum atomic E-state index is 12.9. The number of carbonyl (C=O) groups excluding carboxylic acids is 1. The topological polar surface area (TPSA) is 41.6 Å². The smallest absolute Gasteiger partial charge is 0.253 e. The van der Waals surface area contributed by atoms with Gasteiger partial charge in [-0.05, 0) is 36.1 Å². The highest BCUT2D eigenvalue weighted by Gasteiger charge is 2.25. The summed E-state index contributed by atoms with van der Waals surface area (Å²) in [5.74, 6) is 0.0128. The second kappa shape index (κ2) is 6.65. The first-order chi connectivity index (χ1) is 11.8. The highest BCUT2D eigenvalue weighted by molar-refractivity contribution is 6.00. The molecule has 0 bridgehead atoms. The van der Waals surface area contributed by atoms with E-state index in [0.717, 1.165) is 37.2 Å². The van der Waals surface area contributed by atoms with Gasteiger partial charge in [0.05, 0.1) is 24.8 Å². The van der Waals surface area contributed by atoms with Gasteiger partial charge in [0.15, 0.2) is 0 Å². The average Bonchev–Trinajstić information content (AvgIpc) is 3.05. The number of nitrogens with one attached hydrogen (secondary N) is 1. The van der Waals surface area contributed by atoms with E-state index in [1.165, 1.54) is 11.1 Å². The van der Waals surface area contributed by atoms with Gasteiger partial charge in [-0.1, -0.05) is 36.4 Å². The van der Waals surface area contributed by atoms with Crippen LogP contribution in [0.1, 0.15) is 33.9 Å². The van der Waals surface area contributed by atoms with Gasteiger partial charge in [0, 0.05) is 18.8 Å². The number of morpholine rings is 1. The lowest BCUT2D eigenvalue weighted by atomic mass is 10.1. The van der Waals surface area contributed by atoms with Crippen LogP contribution in [0.4, 0.5) is 5.69 Å². The Bertz CT molecular complexity index is 738. The molecule has 0 unspecified atom stereocenters. The summed E-state index contributed by atoms with van der Waals surface area (Å²) in [6, 6.07) is 16.4. The average molecular weight is 322 g/mol. The fraction of sp³-hybridized carbons (Fsp3) is 0.350. The summed E-state index contributed by atoms with van der Waals surface area (Å²) in [5.41, 5.74) is 4.37. The van der Waals surface area contributed by atoms with Crippen molar-refractivity contribution >= 4 is 11.6 Å². The molecule has 4 heteroatoms. The molecule has 1 aliphatic heterocycles. The van der Waals surface area contributed by atoms with Crippen molar-refractivity contribution < 1.29 is 9.53 Å². The predicted octanol–water partition coefficient (Wildman–Crippen LogP) is 2.94. The zero-order valence-electron chi connectivity index (χ0n) is 13.7. The minimum atomic E-state index is 0.0128. The van der Waals surface area contributed by atoms with Gasteiger partial charge in [-0.2, -0.15) is 0 Å². The molecule has 1 amide bonds. The molecule has 0 saturated carbocycles. The van der Waals surface area contributed by atoms with Crippen molar-refractivity contribution in [2.24, 2.45) is 0 Å². The van der Waals surface area contributed by atoms with Crippen LogP contribution in [0.3, 0.4) is 0 Å². The molecular weight excluding hydrogens is 300 g/mol. The molecule has 4 nitrogen and oxygen atoms in total. The van der Waals surface area contributed by atoms with Crippen LogP contribution in [-0.2, 0) is 11.2 Å². The number of hydrogen-bond donors (Lipinski definition) is 1. The lowest BCUT2D eigenvalue weighted by Gasteiger charge is -2.30. The van der Waals surface area contributed by atoms with Crippen molar-refractivity contribution in [3.63, 3.8) is 0 Å². The summed E-state index contributed by atoms with van der Waals surface area (Å²) in [7, 11) is 0. The molecular formula is C20H22N2O2. The normalized spacial score (nSPS) is 19.8. The van der Waals surface area contributed by atoms with Gasteiger partial charge >= 0.3 is 0 Å². The molecule has 1 fully saturated rings. The quantitative estimate of drug-likeness (QED) is 0.945. The Morgan fingerprint density at radius 2 is 1.79 bits per heavy atom. The molecule has 0 aromatic heterocycles. The molecule has 1 saturated heterocycles. The number of rotatable bonds is 3. The molecule has 2 aliphatic rings. The number of ether oxygens (including phenoxy) is 1. The molecule has 1 heterocycles. The van der Waals surface area contributed by atoms with Crippen LogP contribution >= 0.6 is 0 Å². The third-order valence-corrected chi connectivity index (χ3v) is 4.94. The van der Waals surface area contributed by atoms with E-state index in [1.54, 1.807) is 0 Å². The van der Waals surface area contributed by atoms with E-state index in [0.29, 0.717) is 13.2 Å². The summed E-state index contributed by atoms with van der Waals surface area (Å²) in [6.45, 7) is 3.09. The summed E-state index contributed by atoms with van der Waals surface area (Å²) < 4.78 is 5.43. The highest BCUT2D eigenvalue weighted by atomic mass is 16.5. The van der Waals surface area contributed by atoms with Crippen LogP contribution in [0.15, 0.2) is 48.5 Å². The van der Waals surface area contributed by atoms with Gasteiger partial charge in [-0.15, -0.1) is 0 Å². The molecule has 1 atom stereocenters. The minimum Gasteiger partial charge on any atom is -0.378 e. The maximum absolute atomic E-state index is 12.9. The highest BCUT2D eigenvalue weighted by Crippen LogP contribution is 2.31. The number of benzene rings is 2. The second-order valence-corrected chi connectivity index (χ2v) is 6.38. The first kappa shape index (κ1) is 15.2. The van der Waals surface area contributed by atoms with Crippen molar-refractivity contribution in [2.75, 3.05) is 31.2 Å². The van der Waals surface area contributed by atoms with Crippen molar-refractivity contribution in [1.82, 2.24) is 5.32 Å². The standard InChI is InChI=1S/C20H22N2O2/c23-20(21-18-10-9-15-5-1-2-6-16(15)18)17-7-3-4-8-19(17)22-11-13-24-14-12-22/h1-8,18H,9-14H2,(H,21,23)/t18-/m1/s1. The van der Waals surface area contributed by atoms with Gasteiger partial charge in [-0.25, -0.2) is 0 Å². The number of fused-ring (bicyclic) bond motifs is 1. The zero-order chi connectivity index (χ0) is 16.4. The molecule has 1 N–H and O–H groups in total. The van der Waals surface area contributed by atoms with Crippen LogP contribution < -0.4 is 10.2 Å². The van der Waals surface area contributed by atoms with E-state index in [4.69, 9.17) is 4.74 Å². The first-order valence-corrected chi connectivity index (χ1v) is 8.63. The molecule has 1 aliphatic carbocycles. The molecule has 0 radical (unpaired) electrons. The van der Waals surface area contributed by atoms with Crippen LogP contribution in [0.5, 0.6) is 0 Å². The van der Waals surface area contributed by atoms with E-state index < -0.39 is 0 Å². The van der Waals surface area contributed by atoms with Crippen molar-refractivity contribution in [1.29, 1.82) is 0 Å². The number of para-hydroxylation sites is 1. The monoisotopic (exact) mass is 322 g/mol. The van der Waals surface area contributed by atoms with E-state index in [9.17, 15) is 4.79 Å². The Balaban J connectivity index is 1.55. The summed E-state index contributed by atoms with van der Waals surface area (Å²) in [4.78, 5) is 15.1. The number of carbonyl (C=O) groups is 1. The number of hydrogen-bond acceptors (Lipinski definition) is 3. The molecule has 124 valence electrons. The van der Waals surface area contributed by atoms with Gasteiger partial charge in [0.1, 0.15) is 0 Å². The van der Waals surface area contributed by atoms with Crippen molar-refractivity contribution in [3.05, 3.63) is 65.2 Å². The fourth-order valence-electron chi connectivity index (χ4n) is 3.69. The van der Waals surface area contributed by atoms with Gasteiger partial charge in [0.25, 0.3) is 5.91 Å².